The van der Waals surface area contributed by atoms with E-state index < -0.39 is 76.0 Å². The number of nitrogens with zero attached hydrogens (tertiary/aromatic N) is 5. The molecular weight excluding hydrogens is 1100 g/mol. The molecule has 1 unspecified atom stereocenters. The molecule has 24 heteroatoms. The number of rotatable bonds is 26. The van der Waals surface area contributed by atoms with Crippen LogP contribution >= 0.6 is 8.30 Å². The van der Waals surface area contributed by atoms with Crippen LogP contribution in [-0.2, 0) is 62.4 Å². The van der Waals surface area contributed by atoms with E-state index in [1.54, 1.807) is 6.07 Å². The lowest BCUT2D eigenvalue weighted by molar-refractivity contribution is -0.686. The van der Waals surface area contributed by atoms with Gasteiger partial charge in [-0.15, -0.1) is 0 Å². The minimum absolute atomic E-state index is 0.0331. The Kier molecular flexibility index (Phi) is 20.3. The molecule has 0 radical (unpaired) electrons. The molecule has 2 aromatic carbocycles. The van der Waals surface area contributed by atoms with E-state index in [2.05, 4.69) is 38.4 Å². The summed E-state index contributed by atoms with van der Waals surface area (Å²) in [5.74, 6) is -0.0923. The smallest absolute Gasteiger partial charge is 0.327 e. The molecular formula is C54H73N5O14PS4+. The second-order valence-corrected chi connectivity index (χ2v) is 29.1. The van der Waals surface area contributed by atoms with Crippen LogP contribution in [0.1, 0.15) is 123 Å². The van der Waals surface area contributed by atoms with E-state index in [1.807, 2.05) is 81.2 Å². The maximum absolute atomic E-state index is 12.5. The number of anilines is 1. The third-order valence-electron chi connectivity index (χ3n) is 14.0. The zero-order valence-electron chi connectivity index (χ0n) is 45.5. The Bertz CT molecular complexity index is 3390. The van der Waals surface area contributed by atoms with Crippen LogP contribution in [0, 0.1) is 11.3 Å². The van der Waals surface area contributed by atoms with Gasteiger partial charge in [0.1, 0.15) is 25.1 Å². The molecule has 3 heterocycles. The number of hydrogen-bond acceptors (Lipinski definition) is 14. The average molecular weight is 1180 g/mol. The van der Waals surface area contributed by atoms with Gasteiger partial charge in [0.2, 0.25) is 0 Å². The standard InChI is InChI=1S/C54H72N5O14PS4/c1-38(2)59(39(3)4)74(31-13-26-55)73-30-10-9-29-72-43-19-12-18-42(34-43)51-40(20-24-49-53(5,6)47-36-45(78(69,70)71)37-57(52(47)56-49)27-14-32-75(60,61)62)16-11-17-41(51)21-25-50-54(7,8)46-35-44(77(66,67)68)22-23-48(46)58(50)28-15-33-76(63,64)65/h12,18-25,34-39H,9-11,13-17,27-33H2,1-8H3,(H3-,60,61,62,63,64,65,66,67,68,69,70,71)/p+1. The summed E-state index contributed by atoms with van der Waals surface area (Å²) >= 11 is 0. The monoisotopic (exact) mass is 1170 g/mol. The summed E-state index contributed by atoms with van der Waals surface area (Å²) in [4.78, 5) is 6.16. The van der Waals surface area contributed by atoms with Crippen molar-refractivity contribution in [3.8, 4) is 11.8 Å². The first-order chi connectivity index (χ1) is 36.3. The summed E-state index contributed by atoms with van der Waals surface area (Å²) in [6, 6.07) is 16.2. The maximum Gasteiger partial charge on any atom is 0.327 e. The van der Waals surface area contributed by atoms with Crippen molar-refractivity contribution in [1.29, 1.82) is 5.26 Å². The third-order valence-corrected chi connectivity index (χ3v) is 19.8. The zero-order valence-corrected chi connectivity index (χ0v) is 49.6. The van der Waals surface area contributed by atoms with E-state index in [0.29, 0.717) is 84.8 Å². The van der Waals surface area contributed by atoms with Crippen molar-refractivity contribution in [2.24, 2.45) is 4.99 Å². The number of unbranched alkanes of at least 4 members (excludes halogenated alkanes) is 1. The maximum atomic E-state index is 12.5. The molecule has 2 aliphatic heterocycles. The van der Waals surface area contributed by atoms with Crippen molar-refractivity contribution in [2.45, 2.75) is 146 Å². The lowest BCUT2D eigenvalue weighted by Gasteiger charge is -2.37. The number of fused-ring (bicyclic) bond motifs is 2. The molecule has 78 heavy (non-hydrogen) atoms. The van der Waals surface area contributed by atoms with Crippen LogP contribution in [0.4, 0.5) is 11.5 Å². The second-order valence-electron chi connectivity index (χ2n) is 21.2. The molecule has 0 saturated carbocycles. The minimum Gasteiger partial charge on any atom is -0.494 e. The van der Waals surface area contributed by atoms with Crippen molar-refractivity contribution < 1.29 is 65.7 Å². The van der Waals surface area contributed by atoms with Gasteiger partial charge in [0.05, 0.1) is 53.2 Å². The van der Waals surface area contributed by atoms with Crippen LogP contribution < -0.4 is 14.2 Å². The molecule has 1 aromatic heterocycles. The third kappa shape index (κ3) is 15.8. The lowest BCUT2D eigenvalue weighted by atomic mass is 9.80. The van der Waals surface area contributed by atoms with E-state index >= 15 is 0 Å². The van der Waals surface area contributed by atoms with Crippen LogP contribution in [0.15, 0.2) is 111 Å². The van der Waals surface area contributed by atoms with Gasteiger partial charge in [0.25, 0.3) is 40.5 Å². The topological polar surface area (TPSA) is 282 Å². The van der Waals surface area contributed by atoms with Gasteiger partial charge in [-0.3, -0.25) is 22.9 Å². The number of aliphatic imine (C=N–C) groups is 1. The number of benzene rings is 2. The first-order valence-corrected chi connectivity index (χ1v) is 33.4. The number of allylic oxidation sites excluding steroid dienone is 8. The van der Waals surface area contributed by atoms with Gasteiger partial charge >= 0.3 is 5.82 Å². The van der Waals surface area contributed by atoms with E-state index in [4.69, 9.17) is 14.3 Å². The van der Waals surface area contributed by atoms with Gasteiger partial charge in [-0.05, 0) is 161 Å². The normalized spacial score (nSPS) is 18.1. The summed E-state index contributed by atoms with van der Waals surface area (Å²) in [5.41, 5.74) is 4.76. The molecule has 0 fully saturated rings. The van der Waals surface area contributed by atoms with Crippen molar-refractivity contribution in [1.82, 2.24) is 4.67 Å². The molecule has 0 bridgehead atoms. The predicted octanol–water partition coefficient (Wildman–Crippen LogP) is 9.71. The van der Waals surface area contributed by atoms with Crippen LogP contribution in [0.2, 0.25) is 0 Å². The fourth-order valence-electron chi connectivity index (χ4n) is 10.3. The van der Waals surface area contributed by atoms with Gasteiger partial charge in [0.15, 0.2) is 5.71 Å². The molecule has 0 amide bonds. The molecule has 6 rings (SSSR count). The summed E-state index contributed by atoms with van der Waals surface area (Å²) in [7, 11) is -18.9. The molecule has 426 valence electrons. The quantitative estimate of drug-likeness (QED) is 0.0252. The zero-order chi connectivity index (χ0) is 57.6. The highest BCUT2D eigenvalue weighted by molar-refractivity contribution is 7.86. The lowest BCUT2D eigenvalue weighted by Crippen LogP contribution is -2.37. The van der Waals surface area contributed by atoms with Crippen LogP contribution in [0.5, 0.6) is 5.75 Å². The Balaban J connectivity index is 1.40. The van der Waals surface area contributed by atoms with Gasteiger partial charge < -0.3 is 14.2 Å². The van der Waals surface area contributed by atoms with Crippen molar-refractivity contribution in [3.63, 3.8) is 0 Å². The molecule has 0 spiro atoms. The Morgan fingerprint density at radius 2 is 1.45 bits per heavy atom. The number of nitriles is 1. The Morgan fingerprint density at radius 1 is 0.795 bits per heavy atom. The number of hydrogen-bond donors (Lipinski definition) is 4. The van der Waals surface area contributed by atoms with Gasteiger partial charge in [0, 0.05) is 54.4 Å². The number of aromatic nitrogens is 1. The van der Waals surface area contributed by atoms with Crippen LogP contribution in [0.25, 0.3) is 5.57 Å². The molecule has 3 aromatic rings. The Labute approximate surface area is 462 Å². The van der Waals surface area contributed by atoms with E-state index in [9.17, 15) is 57.1 Å². The summed E-state index contributed by atoms with van der Waals surface area (Å²) in [6.45, 7) is 17.1. The van der Waals surface area contributed by atoms with E-state index in [-0.39, 0.29) is 42.9 Å². The molecule has 1 atom stereocenters. The highest BCUT2D eigenvalue weighted by Crippen LogP contribution is 2.50. The number of aryl methyl sites for hydroxylation is 1. The van der Waals surface area contributed by atoms with Crippen LogP contribution in [0.3, 0.4) is 0 Å². The van der Waals surface area contributed by atoms with Crippen molar-refractivity contribution >= 4 is 71.6 Å². The fourth-order valence-corrected chi connectivity index (χ4v) is 14.5. The Morgan fingerprint density at radius 3 is 2.09 bits per heavy atom. The van der Waals surface area contributed by atoms with Crippen molar-refractivity contribution in [3.05, 3.63) is 113 Å². The number of ether oxygens (including phenoxy) is 1. The number of pyridine rings is 1. The summed E-state index contributed by atoms with van der Waals surface area (Å²) in [6.07, 6.45) is 13.5. The molecule has 1 aliphatic carbocycles. The van der Waals surface area contributed by atoms with Crippen LogP contribution in [-0.4, -0.2) is 112 Å². The van der Waals surface area contributed by atoms with Crippen molar-refractivity contribution in [2.75, 3.05) is 42.3 Å². The first-order valence-electron chi connectivity index (χ1n) is 25.9. The average Bonchev–Trinajstić information content (AvgIpc) is 3.93. The Hall–Kier alpha value is -4.70. The fraction of sp³-hybridized carbons (Fsp3) is 0.500. The second kappa shape index (κ2) is 25.4. The van der Waals surface area contributed by atoms with Gasteiger partial charge in [-0.2, -0.15) is 38.9 Å². The largest absolute Gasteiger partial charge is 0.494 e. The predicted molar refractivity (Wildman–Crippen MR) is 303 cm³/mol. The molecule has 19 nitrogen and oxygen atoms in total. The van der Waals surface area contributed by atoms with Gasteiger partial charge in [-0.25, -0.2) is 4.57 Å². The molecule has 0 saturated heterocycles. The highest BCUT2D eigenvalue weighted by atomic mass is 32.2. The SMILES string of the molecule is CC(C)N(C(C)C)P(CCC#N)OCCCCOc1cccc(C2=C(C=CC3=Nc4c(cc(S(=O)(=O)O)c[n+]4CCCS(=O)(=O)O)C3(C)C)CCCC2=CC=C2N(CCCS(=O)(=O)O)c3ccc(S(=O)(=O)O)cc3C2(C)C)c1. The molecule has 4 N–H and O–H groups in total. The summed E-state index contributed by atoms with van der Waals surface area (Å²) < 4.78 is 152. The van der Waals surface area contributed by atoms with Gasteiger partial charge in [-0.1, -0.05) is 38.1 Å². The minimum atomic E-state index is -4.70. The van der Waals surface area contributed by atoms with E-state index in [1.165, 1.54) is 29.0 Å². The summed E-state index contributed by atoms with van der Waals surface area (Å²) in [5, 5.41) is 9.32. The highest BCUT2D eigenvalue weighted by Gasteiger charge is 2.44. The first kappa shape index (κ1) is 62.5. The molecule has 3 aliphatic rings. The van der Waals surface area contributed by atoms with E-state index in [0.717, 1.165) is 35.1 Å².